The van der Waals surface area contributed by atoms with Crippen molar-refractivity contribution in [3.63, 3.8) is 0 Å². The summed E-state index contributed by atoms with van der Waals surface area (Å²) in [4.78, 5) is 7.60. The van der Waals surface area contributed by atoms with Gasteiger partial charge in [-0.25, -0.2) is 4.98 Å². The number of hydrogen-bond acceptors (Lipinski definition) is 2. The Bertz CT molecular complexity index is 330. The lowest BCUT2D eigenvalue weighted by Gasteiger charge is -2.34. The van der Waals surface area contributed by atoms with E-state index in [1.54, 1.807) is 0 Å². The van der Waals surface area contributed by atoms with Gasteiger partial charge in [0.05, 0.1) is 0 Å². The van der Waals surface area contributed by atoms with Gasteiger partial charge in [0.15, 0.2) is 0 Å². The number of aromatic nitrogens is 2. The molecule has 1 heterocycles. The highest BCUT2D eigenvalue weighted by Crippen LogP contribution is 2.31. The van der Waals surface area contributed by atoms with Gasteiger partial charge in [0.1, 0.15) is 0 Å². The van der Waals surface area contributed by atoms with Crippen molar-refractivity contribution in [3.8, 4) is 0 Å². The van der Waals surface area contributed by atoms with Crippen LogP contribution in [0.3, 0.4) is 0 Å². The third-order valence-corrected chi connectivity index (χ3v) is 3.70. The second kappa shape index (κ2) is 4.89. The highest BCUT2D eigenvalue weighted by Gasteiger charge is 2.27. The van der Waals surface area contributed by atoms with E-state index in [0.717, 1.165) is 23.5 Å². The standard InChI is InChI=1S/C13H23N3/c1-9(2)11-6-4-5-7-12(11)16-13-14-8-10(3)15-13/h8-9,11-12H,4-7H2,1-3H3,(H2,14,15,16). The number of aromatic amines is 1. The van der Waals surface area contributed by atoms with Crippen molar-refractivity contribution in [1.29, 1.82) is 0 Å². The number of nitrogens with one attached hydrogen (secondary N) is 2. The Morgan fingerprint density at radius 1 is 1.38 bits per heavy atom. The maximum atomic E-state index is 4.34. The average Bonchev–Trinajstić information content (AvgIpc) is 2.64. The maximum absolute atomic E-state index is 4.34. The Morgan fingerprint density at radius 3 is 2.75 bits per heavy atom. The normalized spacial score (nSPS) is 26.0. The molecule has 1 aliphatic carbocycles. The molecule has 0 bridgehead atoms. The molecular weight excluding hydrogens is 198 g/mol. The largest absolute Gasteiger partial charge is 0.353 e. The van der Waals surface area contributed by atoms with Gasteiger partial charge in [-0.3, -0.25) is 0 Å². The van der Waals surface area contributed by atoms with E-state index < -0.39 is 0 Å². The molecule has 3 heteroatoms. The lowest BCUT2D eigenvalue weighted by molar-refractivity contribution is 0.253. The number of nitrogens with zero attached hydrogens (tertiary/aromatic N) is 1. The maximum Gasteiger partial charge on any atom is 0.200 e. The Balaban J connectivity index is 2.01. The summed E-state index contributed by atoms with van der Waals surface area (Å²) in [6, 6.07) is 0.597. The lowest BCUT2D eigenvalue weighted by atomic mass is 9.78. The van der Waals surface area contributed by atoms with Crippen LogP contribution in [-0.2, 0) is 0 Å². The third-order valence-electron chi connectivity index (χ3n) is 3.70. The summed E-state index contributed by atoms with van der Waals surface area (Å²) in [5.41, 5.74) is 1.12. The van der Waals surface area contributed by atoms with E-state index in [4.69, 9.17) is 0 Å². The molecule has 1 aromatic rings. The van der Waals surface area contributed by atoms with Gasteiger partial charge in [-0.15, -0.1) is 0 Å². The highest BCUT2D eigenvalue weighted by molar-refractivity contribution is 5.28. The zero-order chi connectivity index (χ0) is 11.5. The smallest absolute Gasteiger partial charge is 0.200 e. The molecular formula is C13H23N3. The van der Waals surface area contributed by atoms with Crippen LogP contribution in [0, 0.1) is 18.8 Å². The first-order valence-electron chi connectivity index (χ1n) is 6.45. The zero-order valence-electron chi connectivity index (χ0n) is 10.6. The summed E-state index contributed by atoms with van der Waals surface area (Å²) in [6.45, 7) is 6.70. The number of aryl methyl sites for hydroxylation is 1. The highest BCUT2D eigenvalue weighted by atomic mass is 15.1. The second-order valence-electron chi connectivity index (χ2n) is 5.36. The van der Waals surface area contributed by atoms with E-state index >= 15 is 0 Å². The van der Waals surface area contributed by atoms with Crippen LogP contribution >= 0.6 is 0 Å². The predicted molar refractivity (Wildman–Crippen MR) is 67.5 cm³/mol. The van der Waals surface area contributed by atoms with Crippen molar-refractivity contribution in [2.75, 3.05) is 5.32 Å². The molecule has 0 spiro atoms. The lowest BCUT2D eigenvalue weighted by Crippen LogP contribution is -2.35. The van der Waals surface area contributed by atoms with Crippen LogP contribution in [0.15, 0.2) is 6.20 Å². The van der Waals surface area contributed by atoms with E-state index in [2.05, 4.69) is 29.1 Å². The number of hydrogen-bond donors (Lipinski definition) is 2. The van der Waals surface area contributed by atoms with Crippen LogP contribution in [0.1, 0.15) is 45.2 Å². The number of anilines is 1. The Kier molecular flexibility index (Phi) is 3.52. The van der Waals surface area contributed by atoms with Crippen molar-refractivity contribution in [2.45, 2.75) is 52.5 Å². The fraction of sp³-hybridized carbons (Fsp3) is 0.769. The number of H-pyrrole nitrogens is 1. The molecule has 16 heavy (non-hydrogen) atoms. The van der Waals surface area contributed by atoms with Crippen molar-refractivity contribution in [1.82, 2.24) is 9.97 Å². The van der Waals surface area contributed by atoms with Crippen molar-refractivity contribution < 1.29 is 0 Å². The van der Waals surface area contributed by atoms with Gasteiger partial charge in [-0.2, -0.15) is 0 Å². The molecule has 0 aromatic carbocycles. The minimum absolute atomic E-state index is 0.597. The van der Waals surface area contributed by atoms with Gasteiger partial charge in [-0.05, 0) is 31.6 Å². The summed E-state index contributed by atoms with van der Waals surface area (Å²) >= 11 is 0. The molecule has 1 aliphatic rings. The molecule has 1 saturated carbocycles. The number of imidazole rings is 1. The molecule has 90 valence electrons. The summed E-state index contributed by atoms with van der Waals surface area (Å²) in [6.07, 6.45) is 7.26. The monoisotopic (exact) mass is 221 g/mol. The van der Waals surface area contributed by atoms with Crippen molar-refractivity contribution in [3.05, 3.63) is 11.9 Å². The predicted octanol–water partition coefficient (Wildman–Crippen LogP) is 3.34. The molecule has 0 saturated heterocycles. The molecule has 2 N–H and O–H groups in total. The Labute approximate surface area is 98.1 Å². The minimum Gasteiger partial charge on any atom is -0.353 e. The summed E-state index contributed by atoms with van der Waals surface area (Å²) in [5.74, 6) is 2.49. The van der Waals surface area contributed by atoms with Gasteiger partial charge in [0.2, 0.25) is 5.95 Å². The topological polar surface area (TPSA) is 40.7 Å². The van der Waals surface area contributed by atoms with Gasteiger partial charge >= 0.3 is 0 Å². The molecule has 0 radical (unpaired) electrons. The number of rotatable bonds is 3. The molecule has 1 aromatic heterocycles. The zero-order valence-corrected chi connectivity index (χ0v) is 10.6. The molecule has 1 fully saturated rings. The first-order valence-corrected chi connectivity index (χ1v) is 6.45. The van der Waals surface area contributed by atoms with Gasteiger partial charge in [-0.1, -0.05) is 26.7 Å². The Hall–Kier alpha value is -0.990. The van der Waals surface area contributed by atoms with Crippen LogP contribution < -0.4 is 5.32 Å². The van der Waals surface area contributed by atoms with Crippen LogP contribution in [0.2, 0.25) is 0 Å². The van der Waals surface area contributed by atoms with E-state index in [0.29, 0.717) is 6.04 Å². The molecule has 2 unspecified atom stereocenters. The molecule has 2 rings (SSSR count). The quantitative estimate of drug-likeness (QED) is 0.821. The fourth-order valence-electron chi connectivity index (χ4n) is 2.80. The fourth-order valence-corrected chi connectivity index (χ4v) is 2.80. The van der Waals surface area contributed by atoms with Crippen LogP contribution in [0.4, 0.5) is 5.95 Å². The van der Waals surface area contributed by atoms with E-state index in [1.165, 1.54) is 25.7 Å². The summed E-state index contributed by atoms with van der Waals surface area (Å²) in [5, 5.41) is 3.57. The van der Waals surface area contributed by atoms with Gasteiger partial charge < -0.3 is 10.3 Å². The second-order valence-corrected chi connectivity index (χ2v) is 5.36. The van der Waals surface area contributed by atoms with E-state index in [1.807, 2.05) is 13.1 Å². The van der Waals surface area contributed by atoms with Crippen LogP contribution in [0.25, 0.3) is 0 Å². The summed E-state index contributed by atoms with van der Waals surface area (Å²) in [7, 11) is 0. The third kappa shape index (κ3) is 2.57. The SMILES string of the molecule is Cc1cnc(NC2CCCCC2C(C)C)[nH]1. The molecule has 3 nitrogen and oxygen atoms in total. The molecule has 0 aliphatic heterocycles. The molecule has 0 amide bonds. The van der Waals surface area contributed by atoms with Crippen LogP contribution in [-0.4, -0.2) is 16.0 Å². The van der Waals surface area contributed by atoms with Gasteiger partial charge in [0.25, 0.3) is 0 Å². The average molecular weight is 221 g/mol. The van der Waals surface area contributed by atoms with Crippen molar-refractivity contribution in [2.24, 2.45) is 11.8 Å². The first-order chi connectivity index (χ1) is 7.66. The molecule has 2 atom stereocenters. The van der Waals surface area contributed by atoms with Crippen molar-refractivity contribution >= 4 is 5.95 Å². The Morgan fingerprint density at radius 2 is 2.12 bits per heavy atom. The minimum atomic E-state index is 0.597. The summed E-state index contributed by atoms with van der Waals surface area (Å²) < 4.78 is 0. The van der Waals surface area contributed by atoms with Gasteiger partial charge in [0, 0.05) is 17.9 Å². The van der Waals surface area contributed by atoms with E-state index in [9.17, 15) is 0 Å². The van der Waals surface area contributed by atoms with E-state index in [-0.39, 0.29) is 0 Å². The first kappa shape index (κ1) is 11.5. The van der Waals surface area contributed by atoms with Crippen LogP contribution in [0.5, 0.6) is 0 Å².